The molecule has 34 heavy (non-hydrogen) atoms. The number of aromatic nitrogens is 1. The molecule has 2 fully saturated rings. The number of carbonyl (C=O) groups excluding carboxylic acids is 1. The van der Waals surface area contributed by atoms with Gasteiger partial charge in [0.25, 0.3) is 0 Å². The van der Waals surface area contributed by atoms with Crippen LogP contribution in [-0.2, 0) is 5.41 Å². The topological polar surface area (TPSA) is 85.0 Å². The number of amides is 2. The van der Waals surface area contributed by atoms with Crippen molar-refractivity contribution in [3.63, 3.8) is 0 Å². The SMILES string of the molecule is COc1cc(NC(=O)N[C@@H]2CC[C@@]3(c4ccc(OC)c(OC)c4)CCN(C)[C@H]3C2)cc(Cl)n1.Cl. The van der Waals surface area contributed by atoms with Crippen LogP contribution in [0.5, 0.6) is 17.4 Å². The van der Waals surface area contributed by atoms with E-state index in [1.54, 1.807) is 26.4 Å². The summed E-state index contributed by atoms with van der Waals surface area (Å²) < 4.78 is 16.1. The minimum atomic E-state index is -0.261. The summed E-state index contributed by atoms with van der Waals surface area (Å²) in [4.78, 5) is 19.1. The van der Waals surface area contributed by atoms with Crippen LogP contribution in [0.15, 0.2) is 30.3 Å². The van der Waals surface area contributed by atoms with Crippen molar-refractivity contribution in [3.05, 3.63) is 41.0 Å². The first kappa shape index (κ1) is 26.2. The van der Waals surface area contributed by atoms with E-state index >= 15 is 0 Å². The van der Waals surface area contributed by atoms with Gasteiger partial charge in [0.1, 0.15) is 5.15 Å². The maximum atomic E-state index is 12.7. The summed E-state index contributed by atoms with van der Waals surface area (Å²) in [5.74, 6) is 1.84. The molecule has 3 atom stereocenters. The van der Waals surface area contributed by atoms with Gasteiger partial charge in [-0.15, -0.1) is 12.4 Å². The van der Waals surface area contributed by atoms with E-state index in [4.69, 9.17) is 25.8 Å². The molecule has 1 aromatic heterocycles. The largest absolute Gasteiger partial charge is 0.493 e. The van der Waals surface area contributed by atoms with Crippen molar-refractivity contribution in [2.45, 2.75) is 43.2 Å². The Kier molecular flexibility index (Phi) is 8.38. The molecule has 1 aromatic carbocycles. The van der Waals surface area contributed by atoms with Gasteiger partial charge in [-0.2, -0.15) is 0 Å². The van der Waals surface area contributed by atoms with Crippen molar-refractivity contribution in [1.82, 2.24) is 15.2 Å². The molecule has 4 rings (SSSR count). The van der Waals surface area contributed by atoms with Crippen molar-refractivity contribution in [3.8, 4) is 17.4 Å². The predicted molar refractivity (Wildman–Crippen MR) is 135 cm³/mol. The number of fused-ring (bicyclic) bond motifs is 1. The van der Waals surface area contributed by atoms with Gasteiger partial charge in [0.15, 0.2) is 11.5 Å². The number of hydrogen-bond acceptors (Lipinski definition) is 6. The standard InChI is InChI=1S/C24H31ClN4O4.ClH/c1-29-10-9-24(15-5-6-18(31-2)19(11-15)32-3)8-7-16(12-20(24)29)26-23(30)27-17-13-21(25)28-22(14-17)33-4;/h5-6,11,13-14,16,20H,7-10,12H2,1-4H3,(H2,26,27,28,30);1H/t16-,20+,24+;/m1./s1. The van der Waals surface area contributed by atoms with E-state index in [-0.39, 0.29) is 35.0 Å². The Morgan fingerprint density at radius 2 is 1.88 bits per heavy atom. The second kappa shape index (κ2) is 10.9. The van der Waals surface area contributed by atoms with Crippen LogP contribution < -0.4 is 24.8 Å². The fourth-order valence-corrected chi connectivity index (χ4v) is 5.60. The zero-order chi connectivity index (χ0) is 23.6. The number of ether oxygens (including phenoxy) is 3. The average Bonchev–Trinajstić information content (AvgIpc) is 3.15. The maximum absolute atomic E-state index is 12.7. The van der Waals surface area contributed by atoms with Crippen molar-refractivity contribution >= 4 is 35.7 Å². The predicted octanol–water partition coefficient (Wildman–Crippen LogP) is 4.50. The first-order chi connectivity index (χ1) is 15.9. The van der Waals surface area contributed by atoms with Crippen LogP contribution in [0.3, 0.4) is 0 Å². The van der Waals surface area contributed by atoms with E-state index in [0.717, 1.165) is 43.7 Å². The molecule has 0 spiro atoms. The van der Waals surface area contributed by atoms with Crippen LogP contribution in [0.25, 0.3) is 0 Å². The summed E-state index contributed by atoms with van der Waals surface area (Å²) in [5.41, 5.74) is 1.85. The van der Waals surface area contributed by atoms with E-state index in [0.29, 0.717) is 17.6 Å². The van der Waals surface area contributed by atoms with Crippen LogP contribution in [0.1, 0.15) is 31.2 Å². The molecule has 1 aliphatic heterocycles. The van der Waals surface area contributed by atoms with Gasteiger partial charge >= 0.3 is 6.03 Å². The molecule has 1 saturated heterocycles. The lowest BCUT2D eigenvalue weighted by atomic mass is 9.65. The van der Waals surface area contributed by atoms with Gasteiger partial charge in [0.2, 0.25) is 5.88 Å². The Hall–Kier alpha value is -2.42. The minimum Gasteiger partial charge on any atom is -0.493 e. The number of hydrogen-bond donors (Lipinski definition) is 2. The highest BCUT2D eigenvalue weighted by molar-refractivity contribution is 6.29. The molecule has 2 aliphatic rings. The fraction of sp³-hybridized carbons (Fsp3) is 0.500. The number of nitrogens with zero attached hydrogens (tertiary/aromatic N) is 2. The van der Waals surface area contributed by atoms with Crippen LogP contribution in [0, 0.1) is 0 Å². The van der Waals surface area contributed by atoms with Crippen molar-refractivity contribution < 1.29 is 19.0 Å². The molecule has 2 heterocycles. The van der Waals surface area contributed by atoms with E-state index in [9.17, 15) is 4.79 Å². The third-order valence-corrected chi connectivity index (χ3v) is 7.25. The molecule has 0 unspecified atom stereocenters. The lowest BCUT2D eigenvalue weighted by molar-refractivity contribution is 0.156. The summed E-state index contributed by atoms with van der Waals surface area (Å²) in [6.45, 7) is 1.02. The molecule has 2 N–H and O–H groups in total. The summed E-state index contributed by atoms with van der Waals surface area (Å²) in [7, 11) is 7.00. The molecule has 1 saturated carbocycles. The number of urea groups is 1. The molecule has 1 aliphatic carbocycles. The molecule has 0 radical (unpaired) electrons. The second-order valence-electron chi connectivity index (χ2n) is 8.76. The molecule has 8 nitrogen and oxygen atoms in total. The molecule has 2 amide bonds. The Labute approximate surface area is 211 Å². The molecule has 2 aromatic rings. The number of halogens is 2. The minimum absolute atomic E-state index is 0. The van der Waals surface area contributed by atoms with Crippen LogP contribution in [-0.4, -0.2) is 62.9 Å². The highest BCUT2D eigenvalue weighted by Crippen LogP contribution is 2.49. The number of likely N-dealkylation sites (tertiary alicyclic amines) is 1. The zero-order valence-corrected chi connectivity index (χ0v) is 21.5. The number of benzene rings is 1. The highest BCUT2D eigenvalue weighted by atomic mass is 35.5. The smallest absolute Gasteiger partial charge is 0.319 e. The monoisotopic (exact) mass is 510 g/mol. The summed E-state index contributed by atoms with van der Waals surface area (Å²) >= 11 is 6.01. The molecular weight excluding hydrogens is 479 g/mol. The summed E-state index contributed by atoms with van der Waals surface area (Å²) in [5, 5.41) is 6.25. The molecule has 0 bridgehead atoms. The van der Waals surface area contributed by atoms with Gasteiger partial charge in [0.05, 0.1) is 27.0 Å². The van der Waals surface area contributed by atoms with Crippen LogP contribution >= 0.6 is 24.0 Å². The van der Waals surface area contributed by atoms with Gasteiger partial charge in [-0.3, -0.25) is 0 Å². The Balaban J connectivity index is 0.00000324. The number of likely N-dealkylation sites (N-methyl/N-ethyl adjacent to an activating group) is 1. The summed E-state index contributed by atoms with van der Waals surface area (Å²) in [6, 6.07) is 9.64. The first-order valence-corrected chi connectivity index (χ1v) is 11.5. The maximum Gasteiger partial charge on any atom is 0.319 e. The van der Waals surface area contributed by atoms with E-state index in [1.165, 1.54) is 12.7 Å². The van der Waals surface area contributed by atoms with Crippen molar-refractivity contribution in [2.24, 2.45) is 0 Å². The Bertz CT molecular complexity index is 1020. The molecular formula is C24H32Cl2N4O4. The number of rotatable bonds is 6. The van der Waals surface area contributed by atoms with Gasteiger partial charge in [-0.25, -0.2) is 9.78 Å². The highest BCUT2D eigenvalue weighted by Gasteiger charge is 2.50. The average molecular weight is 511 g/mol. The van der Waals surface area contributed by atoms with Crippen molar-refractivity contribution in [2.75, 3.05) is 40.2 Å². The lowest BCUT2D eigenvalue weighted by Crippen LogP contribution is -2.52. The lowest BCUT2D eigenvalue weighted by Gasteiger charge is -2.45. The second-order valence-corrected chi connectivity index (χ2v) is 9.15. The fourth-order valence-electron chi connectivity index (χ4n) is 5.40. The van der Waals surface area contributed by atoms with E-state index in [1.807, 2.05) is 6.07 Å². The first-order valence-electron chi connectivity index (χ1n) is 11.1. The van der Waals surface area contributed by atoms with Gasteiger partial charge in [-0.1, -0.05) is 17.7 Å². The number of methoxy groups -OCH3 is 3. The van der Waals surface area contributed by atoms with E-state index in [2.05, 4.69) is 39.7 Å². The third-order valence-electron chi connectivity index (χ3n) is 7.06. The number of carbonyl (C=O) groups is 1. The van der Waals surface area contributed by atoms with Gasteiger partial charge in [-0.05, 0) is 63.0 Å². The van der Waals surface area contributed by atoms with Gasteiger partial charge in [0, 0.05) is 23.6 Å². The zero-order valence-electron chi connectivity index (χ0n) is 19.9. The molecule has 10 heteroatoms. The number of nitrogens with one attached hydrogen (secondary N) is 2. The van der Waals surface area contributed by atoms with Crippen molar-refractivity contribution in [1.29, 1.82) is 0 Å². The Morgan fingerprint density at radius 1 is 1.12 bits per heavy atom. The van der Waals surface area contributed by atoms with Crippen LogP contribution in [0.2, 0.25) is 5.15 Å². The Morgan fingerprint density at radius 3 is 2.59 bits per heavy atom. The third kappa shape index (κ3) is 5.14. The van der Waals surface area contributed by atoms with Gasteiger partial charge < -0.3 is 29.7 Å². The number of pyridine rings is 1. The molecule has 186 valence electrons. The van der Waals surface area contributed by atoms with Crippen LogP contribution in [0.4, 0.5) is 10.5 Å². The normalized spacial score (nSPS) is 23.9. The number of anilines is 1. The van der Waals surface area contributed by atoms with E-state index < -0.39 is 0 Å². The quantitative estimate of drug-likeness (QED) is 0.556. The summed E-state index contributed by atoms with van der Waals surface area (Å²) in [6.07, 6.45) is 3.83.